The van der Waals surface area contributed by atoms with E-state index in [2.05, 4.69) is 5.32 Å². The molecule has 1 aliphatic heterocycles. The fourth-order valence-corrected chi connectivity index (χ4v) is 1.93. The van der Waals surface area contributed by atoms with Gasteiger partial charge in [-0.15, -0.1) is 0 Å². The summed E-state index contributed by atoms with van der Waals surface area (Å²) in [6, 6.07) is 4.87. The Kier molecular flexibility index (Phi) is 3.10. The Morgan fingerprint density at radius 2 is 2.06 bits per heavy atom. The van der Waals surface area contributed by atoms with E-state index in [9.17, 15) is 9.90 Å². The molecule has 0 unspecified atom stereocenters. The summed E-state index contributed by atoms with van der Waals surface area (Å²) in [5, 5.41) is 12.5. The number of aryl methyl sites for hydroxylation is 1. The first-order valence-electron chi connectivity index (χ1n) is 5.48. The Hall–Kier alpha value is -1.55. The molecule has 1 aromatic rings. The molecule has 1 heterocycles. The van der Waals surface area contributed by atoms with Crippen molar-refractivity contribution in [1.82, 2.24) is 10.2 Å². The number of aromatic hydroxyl groups is 1. The number of nitrogens with one attached hydrogen (secondary N) is 1. The van der Waals surface area contributed by atoms with Crippen LogP contribution < -0.4 is 5.32 Å². The number of phenols is 1. The summed E-state index contributed by atoms with van der Waals surface area (Å²) in [6.07, 6.45) is 0. The second-order valence-corrected chi connectivity index (χ2v) is 4.04. The van der Waals surface area contributed by atoms with Crippen molar-refractivity contribution >= 4 is 5.91 Å². The second kappa shape index (κ2) is 4.53. The minimum Gasteiger partial charge on any atom is -0.508 e. The summed E-state index contributed by atoms with van der Waals surface area (Å²) in [7, 11) is 0. The molecule has 0 bridgehead atoms. The van der Waals surface area contributed by atoms with Crippen molar-refractivity contribution in [3.8, 4) is 5.75 Å². The predicted octanol–water partition coefficient (Wildman–Crippen LogP) is 0.746. The highest BCUT2D eigenvalue weighted by Crippen LogP contribution is 2.17. The van der Waals surface area contributed by atoms with Crippen LogP contribution in [-0.2, 0) is 0 Å². The monoisotopic (exact) mass is 220 g/mol. The number of piperazine rings is 1. The molecule has 1 aromatic carbocycles. The highest BCUT2D eigenvalue weighted by atomic mass is 16.3. The number of hydrogen-bond acceptors (Lipinski definition) is 3. The number of nitrogens with zero attached hydrogens (tertiary/aromatic N) is 1. The summed E-state index contributed by atoms with van der Waals surface area (Å²) >= 11 is 0. The number of amides is 1. The van der Waals surface area contributed by atoms with E-state index in [1.54, 1.807) is 18.2 Å². The van der Waals surface area contributed by atoms with Gasteiger partial charge in [0.25, 0.3) is 5.91 Å². The van der Waals surface area contributed by atoms with Crippen molar-refractivity contribution < 1.29 is 9.90 Å². The van der Waals surface area contributed by atoms with Gasteiger partial charge in [0.15, 0.2) is 0 Å². The van der Waals surface area contributed by atoms with Crippen LogP contribution in [0.3, 0.4) is 0 Å². The van der Waals surface area contributed by atoms with Crippen LogP contribution in [0.15, 0.2) is 18.2 Å². The SMILES string of the molecule is Cc1cc(O)ccc1C(=O)N1CCNCC1. The molecule has 0 radical (unpaired) electrons. The van der Waals surface area contributed by atoms with E-state index in [1.165, 1.54) is 0 Å². The maximum absolute atomic E-state index is 12.1. The highest BCUT2D eigenvalue weighted by Gasteiger charge is 2.19. The third kappa shape index (κ3) is 2.17. The molecule has 2 rings (SSSR count). The number of hydrogen-bond donors (Lipinski definition) is 2. The predicted molar refractivity (Wildman–Crippen MR) is 61.6 cm³/mol. The first-order valence-corrected chi connectivity index (χ1v) is 5.48. The molecule has 0 aliphatic carbocycles. The molecule has 86 valence electrons. The molecule has 1 fully saturated rings. The molecule has 0 atom stereocenters. The normalized spacial score (nSPS) is 16.2. The average molecular weight is 220 g/mol. The quantitative estimate of drug-likeness (QED) is 0.734. The van der Waals surface area contributed by atoms with Crippen molar-refractivity contribution in [2.24, 2.45) is 0 Å². The molecular weight excluding hydrogens is 204 g/mol. The van der Waals surface area contributed by atoms with Crippen molar-refractivity contribution in [3.05, 3.63) is 29.3 Å². The number of benzene rings is 1. The van der Waals surface area contributed by atoms with Gasteiger partial charge in [0, 0.05) is 31.7 Å². The zero-order valence-corrected chi connectivity index (χ0v) is 9.36. The van der Waals surface area contributed by atoms with E-state index in [0.717, 1.165) is 31.7 Å². The van der Waals surface area contributed by atoms with Gasteiger partial charge in [-0.2, -0.15) is 0 Å². The summed E-state index contributed by atoms with van der Waals surface area (Å²) in [5.41, 5.74) is 1.50. The molecule has 0 saturated carbocycles. The largest absolute Gasteiger partial charge is 0.508 e. The average Bonchev–Trinajstić information content (AvgIpc) is 2.29. The van der Waals surface area contributed by atoms with Crippen LogP contribution in [0, 0.1) is 6.92 Å². The lowest BCUT2D eigenvalue weighted by atomic mass is 10.1. The van der Waals surface area contributed by atoms with Crippen LogP contribution in [0.1, 0.15) is 15.9 Å². The highest BCUT2D eigenvalue weighted by molar-refractivity contribution is 5.95. The number of rotatable bonds is 1. The third-order valence-corrected chi connectivity index (χ3v) is 2.84. The van der Waals surface area contributed by atoms with Crippen LogP contribution in [0.2, 0.25) is 0 Å². The Morgan fingerprint density at radius 3 is 2.69 bits per heavy atom. The number of phenolic OH excluding ortho intramolecular Hbond substituents is 1. The summed E-state index contributed by atoms with van der Waals surface area (Å²) < 4.78 is 0. The zero-order chi connectivity index (χ0) is 11.5. The van der Waals surface area contributed by atoms with E-state index in [-0.39, 0.29) is 11.7 Å². The van der Waals surface area contributed by atoms with Gasteiger partial charge in [-0.1, -0.05) is 0 Å². The van der Waals surface area contributed by atoms with Crippen LogP contribution in [-0.4, -0.2) is 42.1 Å². The smallest absolute Gasteiger partial charge is 0.254 e. The molecule has 16 heavy (non-hydrogen) atoms. The van der Waals surface area contributed by atoms with Crippen LogP contribution in [0.4, 0.5) is 0 Å². The van der Waals surface area contributed by atoms with Gasteiger partial charge in [0.1, 0.15) is 5.75 Å². The number of carbonyl (C=O) groups excluding carboxylic acids is 1. The van der Waals surface area contributed by atoms with E-state index in [1.807, 2.05) is 11.8 Å². The van der Waals surface area contributed by atoms with E-state index >= 15 is 0 Å². The molecule has 1 aliphatic rings. The molecule has 4 nitrogen and oxygen atoms in total. The molecule has 0 aromatic heterocycles. The van der Waals surface area contributed by atoms with Gasteiger partial charge < -0.3 is 15.3 Å². The van der Waals surface area contributed by atoms with E-state index in [4.69, 9.17) is 0 Å². The Balaban J connectivity index is 2.19. The van der Waals surface area contributed by atoms with Gasteiger partial charge in [-0.3, -0.25) is 4.79 Å². The first kappa shape index (κ1) is 11.0. The molecule has 4 heteroatoms. The lowest BCUT2D eigenvalue weighted by Gasteiger charge is -2.28. The standard InChI is InChI=1S/C12H16N2O2/c1-9-8-10(15)2-3-11(9)12(16)14-6-4-13-5-7-14/h2-3,8,13,15H,4-7H2,1H3. The van der Waals surface area contributed by atoms with Crippen LogP contribution in [0.5, 0.6) is 5.75 Å². The fourth-order valence-electron chi connectivity index (χ4n) is 1.93. The van der Waals surface area contributed by atoms with Crippen molar-refractivity contribution in [2.75, 3.05) is 26.2 Å². The topological polar surface area (TPSA) is 52.6 Å². The Labute approximate surface area is 94.9 Å². The second-order valence-electron chi connectivity index (χ2n) is 4.04. The Morgan fingerprint density at radius 1 is 1.38 bits per heavy atom. The van der Waals surface area contributed by atoms with Gasteiger partial charge >= 0.3 is 0 Å². The van der Waals surface area contributed by atoms with Gasteiger partial charge in [-0.25, -0.2) is 0 Å². The molecule has 1 amide bonds. The minimum absolute atomic E-state index is 0.0546. The minimum atomic E-state index is 0.0546. The van der Waals surface area contributed by atoms with Crippen molar-refractivity contribution in [1.29, 1.82) is 0 Å². The first-order chi connectivity index (χ1) is 7.68. The fraction of sp³-hybridized carbons (Fsp3) is 0.417. The van der Waals surface area contributed by atoms with Crippen molar-refractivity contribution in [2.45, 2.75) is 6.92 Å². The molecular formula is C12H16N2O2. The van der Waals surface area contributed by atoms with Gasteiger partial charge in [0.2, 0.25) is 0 Å². The number of carbonyl (C=O) groups is 1. The van der Waals surface area contributed by atoms with Crippen LogP contribution in [0.25, 0.3) is 0 Å². The summed E-state index contributed by atoms with van der Waals surface area (Å²) in [5.74, 6) is 0.258. The Bertz CT molecular complexity index is 398. The lowest BCUT2D eigenvalue weighted by molar-refractivity contribution is 0.0735. The van der Waals surface area contributed by atoms with Crippen LogP contribution >= 0.6 is 0 Å². The third-order valence-electron chi connectivity index (χ3n) is 2.84. The summed E-state index contributed by atoms with van der Waals surface area (Å²) in [4.78, 5) is 14.0. The molecule has 0 spiro atoms. The van der Waals surface area contributed by atoms with E-state index < -0.39 is 0 Å². The van der Waals surface area contributed by atoms with E-state index in [0.29, 0.717) is 5.56 Å². The zero-order valence-electron chi connectivity index (χ0n) is 9.36. The van der Waals surface area contributed by atoms with Gasteiger partial charge in [0.05, 0.1) is 0 Å². The lowest BCUT2D eigenvalue weighted by Crippen LogP contribution is -2.46. The molecule has 1 saturated heterocycles. The maximum atomic E-state index is 12.1. The van der Waals surface area contributed by atoms with Gasteiger partial charge in [-0.05, 0) is 30.7 Å². The summed E-state index contributed by atoms with van der Waals surface area (Å²) in [6.45, 7) is 5.04. The maximum Gasteiger partial charge on any atom is 0.254 e. The van der Waals surface area contributed by atoms with Crippen molar-refractivity contribution in [3.63, 3.8) is 0 Å². The molecule has 2 N–H and O–H groups in total.